The van der Waals surface area contributed by atoms with Crippen molar-refractivity contribution < 1.29 is 4.52 Å². The normalized spacial score (nSPS) is 19.0. The molecule has 0 N–H and O–H groups in total. The standard InChI is InChI=1S/C20H27N3O/c1-3-7-16(8-4-1)13-19-21-20(24-22-19)15-23(18-11-12-18)14-17-9-5-2-6-10-17/h1,3-4,7-8,17-18H,2,5-6,9-15H2. The van der Waals surface area contributed by atoms with Crippen LogP contribution in [0.25, 0.3) is 0 Å². The van der Waals surface area contributed by atoms with Gasteiger partial charge in [-0.25, -0.2) is 0 Å². The SMILES string of the molecule is c1ccc(Cc2noc(CN(CC3CCCCC3)C3CC3)n2)cc1. The highest BCUT2D eigenvalue weighted by Crippen LogP contribution is 2.32. The van der Waals surface area contributed by atoms with Crippen LogP contribution in [0.15, 0.2) is 34.9 Å². The van der Waals surface area contributed by atoms with Gasteiger partial charge in [0.15, 0.2) is 5.82 Å². The Morgan fingerprint density at radius 1 is 1.00 bits per heavy atom. The molecule has 0 unspecified atom stereocenters. The highest BCUT2D eigenvalue weighted by molar-refractivity contribution is 5.18. The molecule has 2 fully saturated rings. The average Bonchev–Trinajstić information content (AvgIpc) is 3.38. The molecule has 1 aromatic heterocycles. The minimum Gasteiger partial charge on any atom is -0.338 e. The first-order valence-electron chi connectivity index (χ1n) is 9.46. The van der Waals surface area contributed by atoms with Gasteiger partial charge in [-0.2, -0.15) is 4.98 Å². The van der Waals surface area contributed by atoms with E-state index in [4.69, 9.17) is 4.52 Å². The van der Waals surface area contributed by atoms with Crippen molar-refractivity contribution in [3.05, 3.63) is 47.6 Å². The van der Waals surface area contributed by atoms with Crippen LogP contribution in [0.4, 0.5) is 0 Å². The molecule has 128 valence electrons. The van der Waals surface area contributed by atoms with E-state index >= 15 is 0 Å². The van der Waals surface area contributed by atoms with Crippen LogP contribution < -0.4 is 0 Å². The number of benzene rings is 1. The molecule has 2 aromatic rings. The zero-order valence-electron chi connectivity index (χ0n) is 14.4. The average molecular weight is 325 g/mol. The van der Waals surface area contributed by atoms with Gasteiger partial charge in [0, 0.05) is 19.0 Å². The Bertz CT molecular complexity index is 629. The summed E-state index contributed by atoms with van der Waals surface area (Å²) < 4.78 is 5.53. The summed E-state index contributed by atoms with van der Waals surface area (Å²) in [5.74, 6) is 2.44. The van der Waals surface area contributed by atoms with E-state index in [2.05, 4.69) is 39.3 Å². The lowest BCUT2D eigenvalue weighted by Gasteiger charge is -2.28. The van der Waals surface area contributed by atoms with Crippen molar-refractivity contribution in [1.29, 1.82) is 0 Å². The van der Waals surface area contributed by atoms with E-state index < -0.39 is 0 Å². The summed E-state index contributed by atoms with van der Waals surface area (Å²) in [6, 6.07) is 11.1. The molecule has 0 saturated heterocycles. The molecule has 0 amide bonds. The van der Waals surface area contributed by atoms with Crippen molar-refractivity contribution in [3.63, 3.8) is 0 Å². The highest BCUT2D eigenvalue weighted by Gasteiger charge is 2.32. The van der Waals surface area contributed by atoms with Crippen molar-refractivity contribution in [3.8, 4) is 0 Å². The summed E-state index contributed by atoms with van der Waals surface area (Å²) >= 11 is 0. The second-order valence-corrected chi connectivity index (χ2v) is 7.43. The number of aromatic nitrogens is 2. The number of rotatable bonds is 7. The fraction of sp³-hybridized carbons (Fsp3) is 0.600. The van der Waals surface area contributed by atoms with Crippen molar-refractivity contribution in [2.45, 2.75) is 64.0 Å². The smallest absolute Gasteiger partial charge is 0.240 e. The van der Waals surface area contributed by atoms with Crippen molar-refractivity contribution in [2.24, 2.45) is 5.92 Å². The van der Waals surface area contributed by atoms with E-state index in [1.807, 2.05) is 6.07 Å². The summed E-state index contributed by atoms with van der Waals surface area (Å²) in [6.07, 6.45) is 10.4. The molecular formula is C20H27N3O. The van der Waals surface area contributed by atoms with Gasteiger partial charge in [-0.15, -0.1) is 0 Å². The minimum atomic E-state index is 0.746. The summed E-state index contributed by atoms with van der Waals surface area (Å²) in [7, 11) is 0. The van der Waals surface area contributed by atoms with Gasteiger partial charge in [0.05, 0.1) is 6.54 Å². The van der Waals surface area contributed by atoms with E-state index in [0.29, 0.717) is 0 Å². The Hall–Kier alpha value is -1.68. The molecule has 0 bridgehead atoms. The molecule has 4 heteroatoms. The zero-order valence-corrected chi connectivity index (χ0v) is 14.4. The second-order valence-electron chi connectivity index (χ2n) is 7.43. The quantitative estimate of drug-likeness (QED) is 0.765. The van der Waals surface area contributed by atoms with Crippen molar-refractivity contribution in [1.82, 2.24) is 15.0 Å². The van der Waals surface area contributed by atoms with Gasteiger partial charge in [-0.3, -0.25) is 4.90 Å². The van der Waals surface area contributed by atoms with Crippen LogP contribution in [0.3, 0.4) is 0 Å². The number of nitrogens with zero attached hydrogens (tertiary/aromatic N) is 3. The zero-order chi connectivity index (χ0) is 16.2. The molecule has 0 atom stereocenters. The summed E-state index contributed by atoms with van der Waals surface area (Å²) in [6.45, 7) is 2.03. The van der Waals surface area contributed by atoms with Gasteiger partial charge in [0.25, 0.3) is 0 Å². The van der Waals surface area contributed by atoms with Gasteiger partial charge in [0.2, 0.25) is 5.89 Å². The van der Waals surface area contributed by atoms with Gasteiger partial charge in [0.1, 0.15) is 0 Å². The van der Waals surface area contributed by atoms with E-state index in [1.54, 1.807) is 0 Å². The molecule has 0 radical (unpaired) electrons. The predicted octanol–water partition coefficient (Wildman–Crippen LogP) is 4.21. The Kier molecular flexibility index (Phi) is 4.93. The second kappa shape index (κ2) is 7.47. The molecule has 0 aliphatic heterocycles. The van der Waals surface area contributed by atoms with Crippen molar-refractivity contribution in [2.75, 3.05) is 6.54 Å². The van der Waals surface area contributed by atoms with Crippen LogP contribution in [0, 0.1) is 5.92 Å². The first kappa shape index (κ1) is 15.8. The Labute approximate surface area is 144 Å². The Morgan fingerprint density at radius 2 is 1.79 bits per heavy atom. The van der Waals surface area contributed by atoms with Gasteiger partial charge in [-0.05, 0) is 37.2 Å². The molecule has 4 rings (SSSR count). The molecule has 2 saturated carbocycles. The van der Waals surface area contributed by atoms with Gasteiger partial charge in [-0.1, -0.05) is 54.8 Å². The van der Waals surface area contributed by atoms with Crippen LogP contribution in [0.1, 0.15) is 62.2 Å². The Morgan fingerprint density at radius 3 is 2.54 bits per heavy atom. The molecule has 1 aromatic carbocycles. The fourth-order valence-corrected chi connectivity index (χ4v) is 3.86. The third kappa shape index (κ3) is 4.23. The summed E-state index contributed by atoms with van der Waals surface area (Å²) in [5, 5.41) is 4.18. The molecule has 4 nitrogen and oxygen atoms in total. The van der Waals surface area contributed by atoms with Crippen LogP contribution in [-0.2, 0) is 13.0 Å². The number of hydrogen-bond donors (Lipinski definition) is 0. The molecule has 1 heterocycles. The van der Waals surface area contributed by atoms with Crippen LogP contribution in [0.2, 0.25) is 0 Å². The fourth-order valence-electron chi connectivity index (χ4n) is 3.86. The third-order valence-electron chi connectivity index (χ3n) is 5.33. The lowest BCUT2D eigenvalue weighted by Crippen LogP contribution is -2.32. The topological polar surface area (TPSA) is 42.2 Å². The van der Waals surface area contributed by atoms with E-state index in [-0.39, 0.29) is 0 Å². The molecule has 0 spiro atoms. The molecule has 24 heavy (non-hydrogen) atoms. The molecule has 2 aliphatic carbocycles. The maximum absolute atomic E-state index is 5.53. The lowest BCUT2D eigenvalue weighted by molar-refractivity contribution is 0.166. The maximum atomic E-state index is 5.53. The molecule has 2 aliphatic rings. The van der Waals surface area contributed by atoms with Crippen LogP contribution in [0.5, 0.6) is 0 Å². The monoisotopic (exact) mass is 325 g/mol. The Balaban J connectivity index is 1.36. The van der Waals surface area contributed by atoms with Crippen molar-refractivity contribution >= 4 is 0 Å². The maximum Gasteiger partial charge on any atom is 0.240 e. The third-order valence-corrected chi connectivity index (χ3v) is 5.33. The van der Waals surface area contributed by atoms with E-state index in [0.717, 1.165) is 36.6 Å². The number of hydrogen-bond acceptors (Lipinski definition) is 4. The first-order chi connectivity index (χ1) is 11.9. The summed E-state index contributed by atoms with van der Waals surface area (Å²) in [5.41, 5.74) is 1.23. The van der Waals surface area contributed by atoms with Crippen LogP contribution >= 0.6 is 0 Å². The van der Waals surface area contributed by atoms with E-state index in [9.17, 15) is 0 Å². The highest BCUT2D eigenvalue weighted by atomic mass is 16.5. The van der Waals surface area contributed by atoms with E-state index in [1.165, 1.54) is 57.1 Å². The minimum absolute atomic E-state index is 0.746. The predicted molar refractivity (Wildman–Crippen MR) is 93.6 cm³/mol. The molecular weight excluding hydrogens is 298 g/mol. The first-order valence-corrected chi connectivity index (χ1v) is 9.46. The largest absolute Gasteiger partial charge is 0.338 e. The lowest BCUT2D eigenvalue weighted by atomic mass is 9.89. The van der Waals surface area contributed by atoms with Gasteiger partial charge < -0.3 is 4.52 Å². The van der Waals surface area contributed by atoms with Crippen LogP contribution in [-0.4, -0.2) is 27.6 Å². The van der Waals surface area contributed by atoms with Gasteiger partial charge >= 0.3 is 0 Å². The summed E-state index contributed by atoms with van der Waals surface area (Å²) in [4.78, 5) is 7.22.